The quantitative estimate of drug-likeness (QED) is 0.114. The number of rotatable bonds is 18. The highest BCUT2D eigenvalue weighted by atomic mass is 16.5. The zero-order valence-electron chi connectivity index (χ0n) is 25.3. The van der Waals surface area contributed by atoms with Crippen molar-refractivity contribution in [3.8, 4) is 0 Å². The molecule has 1 radical (unpaired) electrons. The number of nitrogens with one attached hydrogen (secondary N) is 4. The average molecular weight is 629 g/mol. The van der Waals surface area contributed by atoms with Gasteiger partial charge in [0.1, 0.15) is 24.7 Å². The third kappa shape index (κ3) is 12.6. The van der Waals surface area contributed by atoms with E-state index in [-0.39, 0.29) is 43.2 Å². The summed E-state index contributed by atoms with van der Waals surface area (Å²) in [6, 6.07) is 3.07. The number of imide groups is 1. The number of hydrogen-bond donors (Lipinski definition) is 5. The molecule has 1 heterocycles. The summed E-state index contributed by atoms with van der Waals surface area (Å²) in [6.45, 7) is 5.11. The number of carboxylic acids is 1. The van der Waals surface area contributed by atoms with Gasteiger partial charge in [0.25, 0.3) is 11.8 Å². The maximum absolute atomic E-state index is 12.9. The van der Waals surface area contributed by atoms with Crippen LogP contribution in [0.4, 0.5) is 10.5 Å². The normalized spacial score (nSPS) is 14.4. The molecule has 2 rings (SSSR count). The molecule has 1 aliphatic rings. The van der Waals surface area contributed by atoms with E-state index in [0.717, 1.165) is 4.90 Å². The predicted molar refractivity (Wildman–Crippen MR) is 159 cm³/mol. The van der Waals surface area contributed by atoms with Gasteiger partial charge in [-0.3, -0.25) is 38.5 Å². The molecule has 1 aromatic carbocycles. The van der Waals surface area contributed by atoms with E-state index in [1.807, 2.05) is 0 Å². The van der Waals surface area contributed by atoms with Gasteiger partial charge >= 0.3 is 12.1 Å². The van der Waals surface area contributed by atoms with E-state index in [1.165, 1.54) is 25.4 Å². The Morgan fingerprint density at radius 3 is 2.11 bits per heavy atom. The van der Waals surface area contributed by atoms with Gasteiger partial charge in [0.05, 0.1) is 6.42 Å². The van der Waals surface area contributed by atoms with Gasteiger partial charge in [-0.25, -0.2) is 4.79 Å². The molecule has 0 spiro atoms. The van der Waals surface area contributed by atoms with E-state index in [9.17, 15) is 38.4 Å². The second-order valence-electron chi connectivity index (χ2n) is 10.7. The Bertz CT molecular complexity index is 1280. The summed E-state index contributed by atoms with van der Waals surface area (Å²) in [5, 5.41) is 18.8. The number of alkyl carbamates (subject to hydrolysis) is 1. The van der Waals surface area contributed by atoms with Crippen LogP contribution >= 0.6 is 0 Å². The first kappa shape index (κ1) is 36.1. The number of hydrogen-bond acceptors (Lipinski definition) is 9. The van der Waals surface area contributed by atoms with Crippen LogP contribution in [0.5, 0.6) is 0 Å². The summed E-state index contributed by atoms with van der Waals surface area (Å²) in [5.41, 5.74) is 0.939. The molecule has 0 bridgehead atoms. The van der Waals surface area contributed by atoms with Crippen LogP contribution in [-0.4, -0.2) is 82.6 Å². The van der Waals surface area contributed by atoms with Crippen LogP contribution in [0.25, 0.3) is 0 Å². The van der Waals surface area contributed by atoms with Crippen molar-refractivity contribution in [2.45, 2.75) is 77.6 Å². The lowest BCUT2D eigenvalue weighted by Crippen LogP contribution is -2.53. The summed E-state index contributed by atoms with van der Waals surface area (Å²) < 4.78 is 4.96. The van der Waals surface area contributed by atoms with Crippen molar-refractivity contribution in [1.29, 1.82) is 0 Å². The van der Waals surface area contributed by atoms with Gasteiger partial charge in [0.2, 0.25) is 24.0 Å². The van der Waals surface area contributed by atoms with Gasteiger partial charge in [-0.15, -0.1) is 0 Å². The number of aliphatic carboxylic acids is 1. The Morgan fingerprint density at radius 1 is 0.889 bits per heavy atom. The van der Waals surface area contributed by atoms with E-state index in [2.05, 4.69) is 21.3 Å². The fraction of sp³-hybridized carbons (Fsp3) is 0.467. The monoisotopic (exact) mass is 628 g/mol. The van der Waals surface area contributed by atoms with Crippen molar-refractivity contribution in [2.24, 2.45) is 5.92 Å². The predicted octanol–water partition coefficient (Wildman–Crippen LogP) is 0.935. The topological polar surface area (TPSA) is 217 Å². The molecular weight excluding hydrogens is 590 g/mol. The highest BCUT2D eigenvalue weighted by Gasteiger charge is 2.27. The molecule has 0 saturated carbocycles. The molecule has 243 valence electrons. The third-order valence-electron chi connectivity index (χ3n) is 6.61. The largest absolute Gasteiger partial charge is 0.481 e. The van der Waals surface area contributed by atoms with Gasteiger partial charge in [0, 0.05) is 30.8 Å². The summed E-state index contributed by atoms with van der Waals surface area (Å²) in [7, 11) is 0. The Kier molecular flexibility index (Phi) is 14.4. The fourth-order valence-corrected chi connectivity index (χ4v) is 4.10. The lowest BCUT2D eigenvalue weighted by Gasteiger charge is -2.24. The molecule has 15 nitrogen and oxygen atoms in total. The number of anilines is 1. The number of ether oxygens (including phenoxy) is 1. The number of nitrogens with zero attached hydrogens (tertiary/aromatic N) is 1. The highest BCUT2D eigenvalue weighted by molar-refractivity contribution is 6.12. The number of carbonyl (C=O) groups is 7. The third-order valence-corrected chi connectivity index (χ3v) is 6.61. The maximum Gasteiger partial charge on any atom is 0.408 e. The number of carboxylic acid groups (broad SMARTS) is 1. The molecule has 0 saturated heterocycles. The SMILES string of the molecule is CC(C)[C@H](NC(=O)CCCCCN1C(=O)C=CC1=O)C(=O)N[C@@H](C)C(=O)Nc1ccc(COC(=O)NC([C]=O)CC(=O)O)cc1. The second kappa shape index (κ2) is 17.9. The van der Waals surface area contributed by atoms with Crippen LogP contribution in [0.2, 0.25) is 0 Å². The van der Waals surface area contributed by atoms with Crippen LogP contribution in [0, 0.1) is 5.92 Å². The van der Waals surface area contributed by atoms with Crippen LogP contribution in [0.3, 0.4) is 0 Å². The Labute approximate surface area is 260 Å². The summed E-state index contributed by atoms with van der Waals surface area (Å²) in [4.78, 5) is 95.6. The smallest absolute Gasteiger partial charge is 0.408 e. The molecule has 3 atom stereocenters. The van der Waals surface area contributed by atoms with Crippen molar-refractivity contribution in [1.82, 2.24) is 20.9 Å². The molecule has 5 N–H and O–H groups in total. The number of amides is 6. The molecule has 1 aromatic rings. The molecular formula is C30H38N5O10. The molecule has 6 amide bonds. The van der Waals surface area contributed by atoms with Gasteiger partial charge in [-0.2, -0.15) is 0 Å². The zero-order chi connectivity index (χ0) is 33.5. The van der Waals surface area contributed by atoms with E-state index >= 15 is 0 Å². The van der Waals surface area contributed by atoms with Crippen molar-refractivity contribution in [3.63, 3.8) is 0 Å². The van der Waals surface area contributed by atoms with Crippen LogP contribution < -0.4 is 21.3 Å². The molecule has 45 heavy (non-hydrogen) atoms. The average Bonchev–Trinajstić information content (AvgIpc) is 3.30. The minimum absolute atomic E-state index is 0.154. The Morgan fingerprint density at radius 2 is 1.53 bits per heavy atom. The van der Waals surface area contributed by atoms with Crippen LogP contribution in [-0.2, 0) is 44.9 Å². The standard InChI is InChI=1S/C30H38N5O10/c1-18(2)27(34-23(37)7-5-4-6-14-35-24(38)12-13-25(35)39)29(43)31-19(3)28(42)32-21-10-8-20(9-11-21)17-45-30(44)33-22(16-36)15-26(40)41/h8-13,18-19,22,27H,4-7,14-15,17H2,1-3H3,(H,31,43)(H,32,42)(H,33,44)(H,34,37)(H,40,41)/t19-,22?,27-/m0/s1. The lowest BCUT2D eigenvalue weighted by molar-refractivity contribution is -0.138. The number of benzene rings is 1. The summed E-state index contributed by atoms with van der Waals surface area (Å²) in [5.74, 6) is -3.61. The first-order valence-corrected chi connectivity index (χ1v) is 14.4. The lowest BCUT2D eigenvalue weighted by atomic mass is 10.0. The van der Waals surface area contributed by atoms with Crippen molar-refractivity contribution >= 4 is 53.6 Å². The highest BCUT2D eigenvalue weighted by Crippen LogP contribution is 2.12. The van der Waals surface area contributed by atoms with Crippen LogP contribution in [0.15, 0.2) is 36.4 Å². The van der Waals surface area contributed by atoms with Gasteiger partial charge < -0.3 is 31.1 Å². The summed E-state index contributed by atoms with van der Waals surface area (Å²) in [6.07, 6.45) is 4.04. The molecule has 0 aliphatic carbocycles. The molecule has 0 fully saturated rings. The zero-order valence-corrected chi connectivity index (χ0v) is 25.3. The van der Waals surface area contributed by atoms with Crippen LogP contribution in [0.1, 0.15) is 58.4 Å². The Balaban J connectivity index is 1.75. The van der Waals surface area contributed by atoms with Crippen molar-refractivity contribution in [3.05, 3.63) is 42.0 Å². The maximum atomic E-state index is 12.9. The molecule has 1 unspecified atom stereocenters. The minimum Gasteiger partial charge on any atom is -0.481 e. The molecule has 1 aliphatic heterocycles. The van der Waals surface area contributed by atoms with E-state index < -0.39 is 48.4 Å². The first-order chi connectivity index (χ1) is 21.3. The molecule has 15 heteroatoms. The van der Waals surface area contributed by atoms with Gasteiger partial charge in [-0.1, -0.05) is 32.4 Å². The first-order valence-electron chi connectivity index (χ1n) is 14.4. The number of unbranched alkanes of at least 4 members (excludes halogenated alkanes) is 2. The van der Waals surface area contributed by atoms with E-state index in [0.29, 0.717) is 30.5 Å². The summed E-state index contributed by atoms with van der Waals surface area (Å²) >= 11 is 0. The Hall–Kier alpha value is -5.08. The van der Waals surface area contributed by atoms with Crippen molar-refractivity contribution < 1.29 is 48.2 Å². The van der Waals surface area contributed by atoms with Gasteiger partial charge in [0.15, 0.2) is 0 Å². The molecule has 0 aromatic heterocycles. The van der Waals surface area contributed by atoms with Crippen molar-refractivity contribution in [2.75, 3.05) is 11.9 Å². The second-order valence-corrected chi connectivity index (χ2v) is 10.7. The number of carbonyl (C=O) groups excluding carboxylic acids is 7. The van der Waals surface area contributed by atoms with E-state index in [1.54, 1.807) is 38.1 Å². The fourth-order valence-electron chi connectivity index (χ4n) is 4.10. The minimum atomic E-state index is -1.34. The van der Waals surface area contributed by atoms with E-state index in [4.69, 9.17) is 9.84 Å². The van der Waals surface area contributed by atoms with Gasteiger partial charge in [-0.05, 0) is 43.4 Å².